The molecule has 0 radical (unpaired) electrons. The SMILES string of the molecule is C=C(C)C(=O)O[C@@H](C=O)[C@H](O)CO. The molecule has 2 atom stereocenters. The molecule has 5 nitrogen and oxygen atoms in total. The molecule has 13 heavy (non-hydrogen) atoms. The first-order chi connectivity index (χ1) is 6.02. The fourth-order valence-electron chi connectivity index (χ4n) is 0.525. The Kier molecular flexibility index (Phi) is 4.94. The van der Waals surface area contributed by atoms with Crippen molar-refractivity contribution < 1.29 is 24.5 Å². The van der Waals surface area contributed by atoms with E-state index in [1.165, 1.54) is 6.92 Å². The first-order valence-electron chi connectivity index (χ1n) is 3.63. The van der Waals surface area contributed by atoms with Crippen LogP contribution in [0.1, 0.15) is 6.92 Å². The molecule has 5 heteroatoms. The Bertz CT molecular complexity index is 211. The van der Waals surface area contributed by atoms with Gasteiger partial charge in [-0.1, -0.05) is 6.58 Å². The van der Waals surface area contributed by atoms with Crippen molar-refractivity contribution in [2.75, 3.05) is 6.61 Å². The van der Waals surface area contributed by atoms with Gasteiger partial charge in [0.05, 0.1) is 6.61 Å². The molecule has 0 amide bonds. The highest BCUT2D eigenvalue weighted by molar-refractivity contribution is 5.88. The summed E-state index contributed by atoms with van der Waals surface area (Å²) in [5.74, 6) is -0.774. The number of aliphatic hydroxyl groups is 2. The number of esters is 1. The van der Waals surface area contributed by atoms with E-state index in [-0.39, 0.29) is 11.9 Å². The molecular formula is C8H12O5. The van der Waals surface area contributed by atoms with E-state index in [4.69, 9.17) is 10.2 Å². The maximum atomic E-state index is 10.9. The van der Waals surface area contributed by atoms with Crippen LogP contribution in [0.3, 0.4) is 0 Å². The van der Waals surface area contributed by atoms with E-state index in [0.717, 1.165) is 0 Å². The molecule has 0 aliphatic carbocycles. The van der Waals surface area contributed by atoms with Crippen molar-refractivity contribution in [1.82, 2.24) is 0 Å². The first-order valence-corrected chi connectivity index (χ1v) is 3.63. The summed E-state index contributed by atoms with van der Waals surface area (Å²) in [5.41, 5.74) is 0.122. The molecule has 2 N–H and O–H groups in total. The number of rotatable bonds is 5. The zero-order valence-corrected chi connectivity index (χ0v) is 7.27. The maximum absolute atomic E-state index is 10.9. The summed E-state index contributed by atoms with van der Waals surface area (Å²) >= 11 is 0. The van der Waals surface area contributed by atoms with Crippen molar-refractivity contribution in [1.29, 1.82) is 0 Å². The van der Waals surface area contributed by atoms with Crippen LogP contribution in [-0.4, -0.2) is 41.3 Å². The normalized spacial score (nSPS) is 14.4. The highest BCUT2D eigenvalue weighted by Gasteiger charge is 2.21. The minimum atomic E-state index is -1.39. The standard InChI is InChI=1S/C8H12O5/c1-5(2)8(12)13-7(4-10)6(11)3-9/h4,6-7,9,11H,1,3H2,2H3/t6-,7+/m1/s1. The summed E-state index contributed by atoms with van der Waals surface area (Å²) in [5, 5.41) is 17.4. The second-order valence-electron chi connectivity index (χ2n) is 2.54. The van der Waals surface area contributed by atoms with E-state index < -0.39 is 24.8 Å². The number of aldehydes is 1. The van der Waals surface area contributed by atoms with Gasteiger partial charge < -0.3 is 14.9 Å². The Morgan fingerprint density at radius 2 is 2.23 bits per heavy atom. The largest absolute Gasteiger partial charge is 0.448 e. The van der Waals surface area contributed by atoms with Crippen molar-refractivity contribution in [2.24, 2.45) is 0 Å². The zero-order valence-electron chi connectivity index (χ0n) is 7.27. The van der Waals surface area contributed by atoms with Crippen LogP contribution in [0.2, 0.25) is 0 Å². The van der Waals surface area contributed by atoms with Crippen molar-refractivity contribution in [3.63, 3.8) is 0 Å². The molecule has 0 rings (SSSR count). The van der Waals surface area contributed by atoms with Crippen molar-refractivity contribution in [3.05, 3.63) is 12.2 Å². The number of carbonyl (C=O) groups is 2. The fourth-order valence-corrected chi connectivity index (χ4v) is 0.525. The lowest BCUT2D eigenvalue weighted by Gasteiger charge is -2.15. The third kappa shape index (κ3) is 3.82. The quantitative estimate of drug-likeness (QED) is 0.329. The summed E-state index contributed by atoms with van der Waals surface area (Å²) in [6.07, 6.45) is -2.48. The lowest BCUT2D eigenvalue weighted by atomic mass is 10.2. The van der Waals surface area contributed by atoms with Crippen LogP contribution in [0.25, 0.3) is 0 Å². The molecule has 0 aromatic rings. The van der Waals surface area contributed by atoms with Crippen molar-refractivity contribution in [2.45, 2.75) is 19.1 Å². The van der Waals surface area contributed by atoms with Gasteiger partial charge in [0.25, 0.3) is 0 Å². The lowest BCUT2D eigenvalue weighted by Crippen LogP contribution is -2.35. The van der Waals surface area contributed by atoms with Gasteiger partial charge in [0.15, 0.2) is 12.4 Å². The van der Waals surface area contributed by atoms with E-state index in [0.29, 0.717) is 0 Å². The molecular weight excluding hydrogens is 176 g/mol. The monoisotopic (exact) mass is 188 g/mol. The van der Waals surface area contributed by atoms with Gasteiger partial charge in [0, 0.05) is 5.57 Å². The van der Waals surface area contributed by atoms with Gasteiger partial charge >= 0.3 is 5.97 Å². The van der Waals surface area contributed by atoms with Gasteiger partial charge in [-0.05, 0) is 6.92 Å². The zero-order chi connectivity index (χ0) is 10.4. The van der Waals surface area contributed by atoms with Crippen LogP contribution >= 0.6 is 0 Å². The molecule has 0 aromatic heterocycles. The molecule has 0 aromatic carbocycles. The van der Waals surface area contributed by atoms with Crippen LogP contribution in [0.4, 0.5) is 0 Å². The van der Waals surface area contributed by atoms with Crippen LogP contribution < -0.4 is 0 Å². The summed E-state index contributed by atoms with van der Waals surface area (Å²) in [6, 6.07) is 0. The predicted molar refractivity (Wildman–Crippen MR) is 43.9 cm³/mol. The molecule has 0 heterocycles. The van der Waals surface area contributed by atoms with Crippen molar-refractivity contribution in [3.8, 4) is 0 Å². The van der Waals surface area contributed by atoms with Gasteiger partial charge in [-0.25, -0.2) is 4.79 Å². The first kappa shape index (κ1) is 11.8. The van der Waals surface area contributed by atoms with Crippen LogP contribution in [0.5, 0.6) is 0 Å². The molecule has 0 spiro atoms. The Balaban J connectivity index is 4.20. The predicted octanol–water partition coefficient (Wildman–Crippen LogP) is -0.974. The summed E-state index contributed by atoms with van der Waals surface area (Å²) in [6.45, 7) is 4.06. The number of hydrogen-bond acceptors (Lipinski definition) is 5. The molecule has 0 aliphatic rings. The van der Waals surface area contributed by atoms with E-state index in [1.807, 2.05) is 0 Å². The molecule has 0 fully saturated rings. The Morgan fingerprint density at radius 3 is 2.54 bits per heavy atom. The number of ether oxygens (including phenoxy) is 1. The average molecular weight is 188 g/mol. The molecule has 0 aliphatic heterocycles. The second kappa shape index (κ2) is 5.45. The Hall–Kier alpha value is -1.20. The van der Waals surface area contributed by atoms with Crippen LogP contribution in [-0.2, 0) is 14.3 Å². The summed E-state index contributed by atoms with van der Waals surface area (Å²) < 4.78 is 4.50. The molecule has 0 saturated carbocycles. The Labute approximate surface area is 75.6 Å². The topological polar surface area (TPSA) is 83.8 Å². The second-order valence-corrected chi connectivity index (χ2v) is 2.54. The lowest BCUT2D eigenvalue weighted by molar-refractivity contribution is -0.155. The van der Waals surface area contributed by atoms with E-state index in [2.05, 4.69) is 11.3 Å². The number of aliphatic hydroxyl groups excluding tert-OH is 2. The van der Waals surface area contributed by atoms with E-state index in [1.54, 1.807) is 0 Å². The minimum Gasteiger partial charge on any atom is -0.448 e. The van der Waals surface area contributed by atoms with Crippen molar-refractivity contribution >= 4 is 12.3 Å². The molecule has 0 bridgehead atoms. The maximum Gasteiger partial charge on any atom is 0.333 e. The van der Waals surface area contributed by atoms with Gasteiger partial charge in [0.2, 0.25) is 0 Å². The third-order valence-corrected chi connectivity index (χ3v) is 1.29. The molecule has 74 valence electrons. The van der Waals surface area contributed by atoms with E-state index >= 15 is 0 Å². The van der Waals surface area contributed by atoms with Crippen LogP contribution in [0.15, 0.2) is 12.2 Å². The van der Waals surface area contributed by atoms with E-state index in [9.17, 15) is 9.59 Å². The fraction of sp³-hybridized carbons (Fsp3) is 0.500. The summed E-state index contributed by atoms with van der Waals surface area (Å²) in [7, 11) is 0. The number of hydrogen-bond donors (Lipinski definition) is 2. The summed E-state index contributed by atoms with van der Waals surface area (Å²) in [4.78, 5) is 21.1. The minimum absolute atomic E-state index is 0.122. The van der Waals surface area contributed by atoms with Gasteiger partial charge in [-0.3, -0.25) is 4.79 Å². The Morgan fingerprint density at radius 1 is 1.69 bits per heavy atom. The molecule has 0 saturated heterocycles. The highest BCUT2D eigenvalue weighted by Crippen LogP contribution is 2.01. The van der Waals surface area contributed by atoms with Gasteiger partial charge in [-0.2, -0.15) is 0 Å². The third-order valence-electron chi connectivity index (χ3n) is 1.29. The van der Waals surface area contributed by atoms with Crippen LogP contribution in [0, 0.1) is 0 Å². The highest BCUT2D eigenvalue weighted by atomic mass is 16.6. The smallest absolute Gasteiger partial charge is 0.333 e. The number of carbonyl (C=O) groups excluding carboxylic acids is 2. The van der Waals surface area contributed by atoms with Gasteiger partial charge in [-0.15, -0.1) is 0 Å². The average Bonchev–Trinajstić information content (AvgIpc) is 2.12. The molecule has 0 unspecified atom stereocenters. The van der Waals surface area contributed by atoms with Gasteiger partial charge in [0.1, 0.15) is 6.10 Å².